The van der Waals surface area contributed by atoms with Crippen LogP contribution in [0.1, 0.15) is 21.6 Å². The highest BCUT2D eigenvalue weighted by Gasteiger charge is 2.10. The zero-order chi connectivity index (χ0) is 16.9. The molecule has 0 bridgehead atoms. The van der Waals surface area contributed by atoms with E-state index < -0.39 is 5.91 Å². The van der Waals surface area contributed by atoms with Crippen molar-refractivity contribution in [2.24, 2.45) is 5.10 Å². The number of aromatic amines is 1. The van der Waals surface area contributed by atoms with E-state index in [4.69, 9.17) is 0 Å². The number of aromatic nitrogens is 2. The summed E-state index contributed by atoms with van der Waals surface area (Å²) in [5.41, 5.74) is 5.99. The highest BCUT2D eigenvalue weighted by atomic mass is 16.3. The lowest BCUT2D eigenvalue weighted by atomic mass is 10.1. The number of hydrogen-bond acceptors (Lipinski definition) is 4. The van der Waals surface area contributed by atoms with E-state index in [0.717, 1.165) is 11.1 Å². The Balaban J connectivity index is 1.68. The fourth-order valence-corrected chi connectivity index (χ4v) is 2.13. The molecule has 24 heavy (non-hydrogen) atoms. The van der Waals surface area contributed by atoms with Crippen LogP contribution in [0.15, 0.2) is 59.7 Å². The summed E-state index contributed by atoms with van der Waals surface area (Å²) in [6.45, 7) is 2.01. The standard InChI is InChI=1S/C18H16N4O2/c1-12-6-8-13(9-7-12)15-10-16(21-20-15)18(24)22-19-11-14-4-2-3-5-17(14)23/h2-11,23H,1H3,(H,20,21)(H,22,24)/b19-11+. The lowest BCUT2D eigenvalue weighted by Crippen LogP contribution is -2.18. The Morgan fingerprint density at radius 2 is 1.96 bits per heavy atom. The minimum absolute atomic E-state index is 0.0960. The molecule has 1 heterocycles. The average molecular weight is 320 g/mol. The van der Waals surface area contributed by atoms with Gasteiger partial charge in [-0.2, -0.15) is 10.2 Å². The normalized spacial score (nSPS) is 10.9. The zero-order valence-corrected chi connectivity index (χ0v) is 13.0. The number of aryl methyl sites for hydroxylation is 1. The third kappa shape index (κ3) is 3.49. The zero-order valence-electron chi connectivity index (χ0n) is 13.0. The number of hydrogen-bond donors (Lipinski definition) is 3. The molecule has 0 unspecified atom stereocenters. The number of para-hydroxylation sites is 1. The fourth-order valence-electron chi connectivity index (χ4n) is 2.13. The lowest BCUT2D eigenvalue weighted by molar-refractivity contribution is 0.0950. The van der Waals surface area contributed by atoms with Crippen LogP contribution in [0.5, 0.6) is 5.75 Å². The van der Waals surface area contributed by atoms with E-state index in [1.165, 1.54) is 6.21 Å². The van der Waals surface area contributed by atoms with Crippen LogP contribution in [0.25, 0.3) is 11.3 Å². The highest BCUT2D eigenvalue weighted by molar-refractivity contribution is 5.94. The van der Waals surface area contributed by atoms with E-state index in [1.807, 2.05) is 31.2 Å². The second-order valence-electron chi connectivity index (χ2n) is 5.29. The van der Waals surface area contributed by atoms with Gasteiger partial charge in [0.1, 0.15) is 11.4 Å². The molecule has 6 heteroatoms. The van der Waals surface area contributed by atoms with Gasteiger partial charge in [-0.25, -0.2) is 5.43 Å². The Morgan fingerprint density at radius 3 is 2.71 bits per heavy atom. The van der Waals surface area contributed by atoms with Crippen molar-refractivity contribution in [3.05, 3.63) is 71.4 Å². The number of phenolic OH excluding ortho intramolecular Hbond substituents is 1. The van der Waals surface area contributed by atoms with Crippen molar-refractivity contribution in [3.8, 4) is 17.0 Å². The molecule has 3 rings (SSSR count). The number of carbonyl (C=O) groups excluding carboxylic acids is 1. The molecule has 0 aliphatic rings. The van der Waals surface area contributed by atoms with Gasteiger partial charge < -0.3 is 5.11 Å². The molecular weight excluding hydrogens is 304 g/mol. The van der Waals surface area contributed by atoms with E-state index in [-0.39, 0.29) is 5.75 Å². The molecule has 0 aliphatic carbocycles. The minimum atomic E-state index is -0.410. The number of amides is 1. The minimum Gasteiger partial charge on any atom is -0.507 e. The average Bonchev–Trinajstić information content (AvgIpc) is 3.07. The molecular formula is C18H16N4O2. The molecule has 1 amide bonds. The number of nitrogens with one attached hydrogen (secondary N) is 2. The maximum Gasteiger partial charge on any atom is 0.289 e. The molecule has 2 aromatic carbocycles. The van der Waals surface area contributed by atoms with Crippen molar-refractivity contribution in [1.29, 1.82) is 0 Å². The Hall–Kier alpha value is -3.41. The van der Waals surface area contributed by atoms with E-state index in [9.17, 15) is 9.90 Å². The third-order valence-electron chi connectivity index (χ3n) is 3.48. The van der Waals surface area contributed by atoms with E-state index in [2.05, 4.69) is 20.7 Å². The van der Waals surface area contributed by atoms with Crippen LogP contribution in [-0.2, 0) is 0 Å². The topological polar surface area (TPSA) is 90.4 Å². The van der Waals surface area contributed by atoms with Crippen molar-refractivity contribution in [2.45, 2.75) is 6.92 Å². The number of hydrazone groups is 1. The predicted octanol–water partition coefficient (Wildman–Crippen LogP) is 2.85. The molecule has 0 saturated carbocycles. The molecule has 3 N–H and O–H groups in total. The van der Waals surface area contributed by atoms with E-state index in [1.54, 1.807) is 30.3 Å². The van der Waals surface area contributed by atoms with Gasteiger partial charge in [0.15, 0.2) is 0 Å². The Morgan fingerprint density at radius 1 is 1.21 bits per heavy atom. The number of phenols is 1. The molecule has 0 radical (unpaired) electrons. The summed E-state index contributed by atoms with van der Waals surface area (Å²) < 4.78 is 0. The number of benzene rings is 2. The molecule has 0 saturated heterocycles. The largest absolute Gasteiger partial charge is 0.507 e. The van der Waals surface area contributed by atoms with Gasteiger partial charge in [-0.15, -0.1) is 0 Å². The van der Waals surface area contributed by atoms with Gasteiger partial charge in [0.2, 0.25) is 0 Å². The first-order valence-corrected chi connectivity index (χ1v) is 7.37. The summed E-state index contributed by atoms with van der Waals surface area (Å²) in [6, 6.07) is 16.3. The van der Waals surface area contributed by atoms with Crippen molar-refractivity contribution < 1.29 is 9.90 Å². The number of H-pyrrole nitrogens is 1. The Bertz CT molecular complexity index is 882. The second-order valence-corrected chi connectivity index (χ2v) is 5.29. The molecule has 3 aromatic rings. The van der Waals surface area contributed by atoms with Crippen LogP contribution < -0.4 is 5.43 Å². The SMILES string of the molecule is Cc1ccc(-c2cc(C(=O)N/N=C/c3ccccc3O)[nH]n2)cc1. The summed E-state index contributed by atoms with van der Waals surface area (Å²) in [4.78, 5) is 12.1. The highest BCUT2D eigenvalue weighted by Crippen LogP contribution is 2.18. The summed E-state index contributed by atoms with van der Waals surface area (Å²) >= 11 is 0. The first-order chi connectivity index (χ1) is 11.6. The lowest BCUT2D eigenvalue weighted by Gasteiger charge is -1.98. The molecule has 0 aliphatic heterocycles. The van der Waals surface area contributed by atoms with Crippen LogP contribution in [0.3, 0.4) is 0 Å². The first-order valence-electron chi connectivity index (χ1n) is 7.37. The van der Waals surface area contributed by atoms with E-state index in [0.29, 0.717) is 17.0 Å². The third-order valence-corrected chi connectivity index (χ3v) is 3.48. The Labute approximate surface area is 138 Å². The van der Waals surface area contributed by atoms with Crippen LogP contribution >= 0.6 is 0 Å². The van der Waals surface area contributed by atoms with Crippen molar-refractivity contribution >= 4 is 12.1 Å². The van der Waals surface area contributed by atoms with Gasteiger partial charge in [-0.3, -0.25) is 9.89 Å². The van der Waals surface area contributed by atoms with Gasteiger partial charge >= 0.3 is 0 Å². The van der Waals surface area contributed by atoms with Crippen molar-refractivity contribution in [2.75, 3.05) is 0 Å². The number of aromatic hydroxyl groups is 1. The quantitative estimate of drug-likeness (QED) is 0.510. The molecule has 120 valence electrons. The van der Waals surface area contributed by atoms with Crippen LogP contribution in [0, 0.1) is 6.92 Å². The van der Waals surface area contributed by atoms with Gasteiger partial charge in [0.05, 0.1) is 11.9 Å². The Kier molecular flexibility index (Phi) is 4.38. The molecule has 6 nitrogen and oxygen atoms in total. The monoisotopic (exact) mass is 320 g/mol. The van der Waals surface area contributed by atoms with Crippen LogP contribution in [0.4, 0.5) is 0 Å². The number of rotatable bonds is 4. The van der Waals surface area contributed by atoms with Crippen molar-refractivity contribution in [1.82, 2.24) is 15.6 Å². The summed E-state index contributed by atoms with van der Waals surface area (Å²) in [5.74, 6) is -0.314. The molecule has 1 aromatic heterocycles. The maximum absolute atomic E-state index is 12.1. The number of nitrogens with zero attached hydrogens (tertiary/aromatic N) is 2. The van der Waals surface area contributed by atoms with Gasteiger partial charge in [0.25, 0.3) is 5.91 Å². The smallest absolute Gasteiger partial charge is 0.289 e. The van der Waals surface area contributed by atoms with Crippen LogP contribution in [-0.4, -0.2) is 27.4 Å². The first kappa shape index (κ1) is 15.5. The molecule has 0 spiro atoms. The predicted molar refractivity (Wildman–Crippen MR) is 91.9 cm³/mol. The molecule has 0 fully saturated rings. The second kappa shape index (κ2) is 6.78. The summed E-state index contributed by atoms with van der Waals surface area (Å²) in [7, 11) is 0. The van der Waals surface area contributed by atoms with Crippen LogP contribution in [0.2, 0.25) is 0 Å². The fraction of sp³-hybridized carbons (Fsp3) is 0.0556. The molecule has 0 atom stereocenters. The van der Waals surface area contributed by atoms with Gasteiger partial charge in [0, 0.05) is 11.1 Å². The maximum atomic E-state index is 12.1. The summed E-state index contributed by atoms with van der Waals surface area (Å²) in [5, 5.41) is 20.3. The van der Waals surface area contributed by atoms with Gasteiger partial charge in [-0.05, 0) is 25.1 Å². The summed E-state index contributed by atoms with van der Waals surface area (Å²) in [6.07, 6.45) is 1.38. The number of carbonyl (C=O) groups is 1. The van der Waals surface area contributed by atoms with Gasteiger partial charge in [-0.1, -0.05) is 42.0 Å². The van der Waals surface area contributed by atoms with E-state index >= 15 is 0 Å². The van der Waals surface area contributed by atoms with Crippen molar-refractivity contribution in [3.63, 3.8) is 0 Å².